The number of hydrogen-bond acceptors (Lipinski definition) is 6. The second kappa shape index (κ2) is 10.6. The average Bonchev–Trinajstić information content (AvgIpc) is 3.24. The molecule has 39 heavy (non-hydrogen) atoms. The minimum Gasteiger partial charge on any atom is -0.365 e. The SMILES string of the molecule is C[C@H](NC(=O)c1cc(C#N)cnc1NCc1ccc(-c2cnc3[nH]c(=O)n(C)c3c2)cc1)c1ccc(F)cc1. The first-order chi connectivity index (χ1) is 18.8. The molecule has 0 aliphatic rings. The van der Waals surface area contributed by atoms with Gasteiger partial charge in [-0.15, -0.1) is 0 Å². The maximum atomic E-state index is 13.3. The molecule has 0 bridgehead atoms. The van der Waals surface area contributed by atoms with Crippen molar-refractivity contribution in [2.45, 2.75) is 19.5 Å². The van der Waals surface area contributed by atoms with E-state index in [9.17, 15) is 19.2 Å². The average molecular weight is 522 g/mol. The number of hydrogen-bond donors (Lipinski definition) is 3. The molecule has 0 aliphatic carbocycles. The number of pyridine rings is 2. The number of carbonyl (C=O) groups excluding carboxylic acids is 1. The van der Waals surface area contributed by atoms with Crippen LogP contribution in [0.3, 0.4) is 0 Å². The van der Waals surface area contributed by atoms with E-state index in [-0.39, 0.29) is 28.7 Å². The fraction of sp³-hybridized carbons (Fsp3) is 0.138. The van der Waals surface area contributed by atoms with Gasteiger partial charge in [0.05, 0.1) is 22.7 Å². The van der Waals surface area contributed by atoms with Crippen LogP contribution in [-0.4, -0.2) is 25.4 Å². The molecular formula is C29H24FN7O2. The molecule has 3 aromatic heterocycles. The zero-order valence-electron chi connectivity index (χ0n) is 21.2. The standard InChI is InChI=1S/C29H24FN7O2/c1-17(20-7-9-23(30)10-8-20)35-28(38)24-11-19(13-31)15-33-26(24)32-14-18-3-5-21(6-4-18)22-12-25-27(34-16-22)36-29(39)37(25)2/h3-12,15-17H,14H2,1-2H3,(H,32,33)(H,35,38)(H,34,36,39)/t17-/m0/s1. The number of aryl methyl sites for hydroxylation is 1. The molecule has 1 atom stereocenters. The van der Waals surface area contributed by atoms with E-state index >= 15 is 0 Å². The number of H-pyrrole nitrogens is 1. The van der Waals surface area contributed by atoms with Crippen LogP contribution in [0.5, 0.6) is 0 Å². The fourth-order valence-corrected chi connectivity index (χ4v) is 4.21. The summed E-state index contributed by atoms with van der Waals surface area (Å²) in [5.74, 6) is -0.422. The highest BCUT2D eigenvalue weighted by Gasteiger charge is 2.17. The summed E-state index contributed by atoms with van der Waals surface area (Å²) in [6.07, 6.45) is 3.12. The Bertz CT molecular complexity index is 1770. The summed E-state index contributed by atoms with van der Waals surface area (Å²) in [7, 11) is 1.69. The molecule has 0 aliphatic heterocycles. The van der Waals surface area contributed by atoms with Crippen molar-refractivity contribution in [3.8, 4) is 17.2 Å². The lowest BCUT2D eigenvalue weighted by molar-refractivity contribution is 0.0940. The number of nitrogens with zero attached hydrogens (tertiary/aromatic N) is 4. The van der Waals surface area contributed by atoms with Crippen molar-refractivity contribution < 1.29 is 9.18 Å². The van der Waals surface area contributed by atoms with E-state index < -0.39 is 5.91 Å². The molecule has 0 spiro atoms. The van der Waals surface area contributed by atoms with Crippen molar-refractivity contribution in [1.29, 1.82) is 5.26 Å². The van der Waals surface area contributed by atoms with Crippen LogP contribution in [0, 0.1) is 17.1 Å². The molecule has 0 saturated carbocycles. The molecule has 3 heterocycles. The van der Waals surface area contributed by atoms with Gasteiger partial charge in [0.1, 0.15) is 17.7 Å². The van der Waals surface area contributed by atoms with Crippen molar-refractivity contribution in [2.24, 2.45) is 7.05 Å². The van der Waals surface area contributed by atoms with Crippen molar-refractivity contribution >= 4 is 22.9 Å². The fourth-order valence-electron chi connectivity index (χ4n) is 4.21. The van der Waals surface area contributed by atoms with Crippen molar-refractivity contribution in [3.05, 3.63) is 112 Å². The molecule has 0 saturated heterocycles. The van der Waals surface area contributed by atoms with Gasteiger partial charge in [-0.2, -0.15) is 5.26 Å². The summed E-state index contributed by atoms with van der Waals surface area (Å²) in [6, 6.07) is 18.7. The largest absolute Gasteiger partial charge is 0.365 e. The van der Waals surface area contributed by atoms with Gasteiger partial charge in [0.2, 0.25) is 0 Å². The van der Waals surface area contributed by atoms with Crippen LogP contribution >= 0.6 is 0 Å². The van der Waals surface area contributed by atoms with E-state index in [1.54, 1.807) is 32.3 Å². The first-order valence-corrected chi connectivity index (χ1v) is 12.2. The number of imidazole rings is 1. The monoisotopic (exact) mass is 521 g/mol. The van der Waals surface area contributed by atoms with E-state index in [4.69, 9.17) is 0 Å². The first-order valence-electron chi connectivity index (χ1n) is 12.2. The zero-order valence-corrected chi connectivity index (χ0v) is 21.2. The second-order valence-electron chi connectivity index (χ2n) is 9.11. The first kappa shape index (κ1) is 25.4. The summed E-state index contributed by atoms with van der Waals surface area (Å²) < 4.78 is 14.8. The predicted octanol–water partition coefficient (Wildman–Crippen LogP) is 4.44. The van der Waals surface area contributed by atoms with Crippen LogP contribution in [0.25, 0.3) is 22.3 Å². The molecule has 0 unspecified atom stereocenters. The number of aromatic nitrogens is 4. The molecule has 10 heteroatoms. The maximum absolute atomic E-state index is 13.3. The number of halogens is 1. The van der Waals surface area contributed by atoms with Crippen LogP contribution in [0.15, 0.2) is 77.9 Å². The number of rotatable bonds is 7. The molecule has 0 radical (unpaired) electrons. The van der Waals surface area contributed by atoms with Crippen LogP contribution < -0.4 is 16.3 Å². The Balaban J connectivity index is 1.31. The Morgan fingerprint density at radius 2 is 1.82 bits per heavy atom. The summed E-state index contributed by atoms with van der Waals surface area (Å²) in [6.45, 7) is 2.18. The molecule has 2 aromatic carbocycles. The lowest BCUT2D eigenvalue weighted by Crippen LogP contribution is -2.28. The summed E-state index contributed by atoms with van der Waals surface area (Å²) >= 11 is 0. The summed E-state index contributed by atoms with van der Waals surface area (Å²) in [4.78, 5) is 36.3. The Labute approximate surface area is 223 Å². The Morgan fingerprint density at radius 3 is 2.54 bits per heavy atom. The number of fused-ring (bicyclic) bond motifs is 1. The predicted molar refractivity (Wildman–Crippen MR) is 145 cm³/mol. The van der Waals surface area contributed by atoms with E-state index in [1.807, 2.05) is 36.4 Å². The number of aromatic amines is 1. The van der Waals surface area contributed by atoms with Gasteiger partial charge >= 0.3 is 5.69 Å². The molecule has 5 rings (SSSR count). The van der Waals surface area contributed by atoms with Crippen molar-refractivity contribution in [3.63, 3.8) is 0 Å². The number of anilines is 1. The molecule has 3 N–H and O–H groups in total. The number of amides is 1. The third-order valence-electron chi connectivity index (χ3n) is 6.49. The third-order valence-corrected chi connectivity index (χ3v) is 6.49. The quantitative estimate of drug-likeness (QED) is 0.291. The van der Waals surface area contributed by atoms with Gasteiger partial charge in [-0.3, -0.25) is 14.3 Å². The highest BCUT2D eigenvalue weighted by molar-refractivity contribution is 5.99. The molecule has 5 aromatic rings. The summed E-state index contributed by atoms with van der Waals surface area (Å²) in [5, 5.41) is 15.4. The number of benzene rings is 2. The number of nitriles is 1. The number of nitrogens with one attached hydrogen (secondary N) is 3. The van der Waals surface area contributed by atoms with Crippen LogP contribution in [0.2, 0.25) is 0 Å². The minimum absolute atomic E-state index is 0.217. The Hall–Kier alpha value is -5.30. The zero-order chi connectivity index (χ0) is 27.5. The van der Waals surface area contributed by atoms with Gasteiger partial charge in [0.25, 0.3) is 5.91 Å². The normalized spacial score (nSPS) is 11.6. The number of carbonyl (C=O) groups is 1. The van der Waals surface area contributed by atoms with Crippen LogP contribution in [0.4, 0.5) is 10.2 Å². The molecule has 9 nitrogen and oxygen atoms in total. The van der Waals surface area contributed by atoms with Crippen LogP contribution in [0.1, 0.15) is 40.0 Å². The second-order valence-corrected chi connectivity index (χ2v) is 9.11. The lowest BCUT2D eigenvalue weighted by atomic mass is 10.1. The topological polar surface area (TPSA) is 128 Å². The van der Waals surface area contributed by atoms with Gasteiger partial charge in [-0.1, -0.05) is 36.4 Å². The molecule has 0 fully saturated rings. The smallest absolute Gasteiger partial charge is 0.327 e. The van der Waals surface area contributed by atoms with E-state index in [0.29, 0.717) is 18.0 Å². The van der Waals surface area contributed by atoms with E-state index in [1.165, 1.54) is 29.0 Å². The molecule has 1 amide bonds. The molecular weight excluding hydrogens is 497 g/mol. The Kier molecular flexibility index (Phi) is 6.89. The third kappa shape index (κ3) is 5.38. The van der Waals surface area contributed by atoms with Gasteiger partial charge in [0, 0.05) is 31.5 Å². The van der Waals surface area contributed by atoms with Gasteiger partial charge in [-0.25, -0.2) is 19.2 Å². The maximum Gasteiger partial charge on any atom is 0.327 e. The summed E-state index contributed by atoms with van der Waals surface area (Å²) in [5.41, 5.74) is 5.03. The van der Waals surface area contributed by atoms with E-state index in [0.717, 1.165) is 27.8 Å². The van der Waals surface area contributed by atoms with E-state index in [2.05, 4.69) is 25.6 Å². The minimum atomic E-state index is -0.406. The highest BCUT2D eigenvalue weighted by atomic mass is 19.1. The van der Waals surface area contributed by atoms with Gasteiger partial charge in [0.15, 0.2) is 5.65 Å². The van der Waals surface area contributed by atoms with Crippen molar-refractivity contribution in [1.82, 2.24) is 24.8 Å². The van der Waals surface area contributed by atoms with Gasteiger partial charge in [-0.05, 0) is 47.9 Å². The lowest BCUT2D eigenvalue weighted by Gasteiger charge is -2.16. The molecule has 194 valence electrons. The highest BCUT2D eigenvalue weighted by Crippen LogP contribution is 2.23. The van der Waals surface area contributed by atoms with Gasteiger partial charge < -0.3 is 10.6 Å². The van der Waals surface area contributed by atoms with Crippen LogP contribution in [-0.2, 0) is 13.6 Å². The Morgan fingerprint density at radius 1 is 1.08 bits per heavy atom. The van der Waals surface area contributed by atoms with Crippen molar-refractivity contribution in [2.75, 3.05) is 5.32 Å².